The summed E-state index contributed by atoms with van der Waals surface area (Å²) in [4.78, 5) is 27.0. The molecule has 1 aromatic rings. The fourth-order valence-corrected chi connectivity index (χ4v) is 3.35. The van der Waals surface area contributed by atoms with Crippen LogP contribution in [-0.4, -0.2) is 48.4 Å². The van der Waals surface area contributed by atoms with Gasteiger partial charge >= 0.3 is 0 Å². The minimum atomic E-state index is -0.0447. The molecule has 3 rings (SSSR count). The van der Waals surface area contributed by atoms with Crippen molar-refractivity contribution in [3.8, 4) is 5.75 Å². The van der Waals surface area contributed by atoms with Crippen LogP contribution in [0.25, 0.3) is 0 Å². The lowest BCUT2D eigenvalue weighted by atomic mass is 9.90. The highest BCUT2D eigenvalue weighted by Crippen LogP contribution is 2.24. The van der Waals surface area contributed by atoms with E-state index in [9.17, 15) is 9.59 Å². The van der Waals surface area contributed by atoms with Gasteiger partial charge in [-0.15, -0.1) is 0 Å². The number of hydrogen-bond acceptors (Lipinski definition) is 4. The van der Waals surface area contributed by atoms with Gasteiger partial charge in [-0.25, -0.2) is 0 Å². The van der Waals surface area contributed by atoms with Crippen LogP contribution in [0.15, 0.2) is 24.3 Å². The van der Waals surface area contributed by atoms with E-state index in [-0.39, 0.29) is 23.7 Å². The maximum Gasteiger partial charge on any atom is 0.234 e. The van der Waals surface area contributed by atoms with Crippen molar-refractivity contribution < 1.29 is 14.3 Å². The van der Waals surface area contributed by atoms with Gasteiger partial charge in [0.05, 0.1) is 12.6 Å². The first-order chi connectivity index (χ1) is 12.0. The van der Waals surface area contributed by atoms with Crippen LogP contribution in [0.4, 0.5) is 0 Å². The number of amides is 1. The fourth-order valence-electron chi connectivity index (χ4n) is 3.35. The van der Waals surface area contributed by atoms with Crippen molar-refractivity contribution in [2.75, 3.05) is 19.6 Å². The molecular formula is C20H28N2O3. The van der Waals surface area contributed by atoms with E-state index < -0.39 is 0 Å². The van der Waals surface area contributed by atoms with Gasteiger partial charge in [0.25, 0.3) is 0 Å². The van der Waals surface area contributed by atoms with Gasteiger partial charge in [0.15, 0.2) is 5.78 Å². The summed E-state index contributed by atoms with van der Waals surface area (Å²) in [6.45, 7) is 5.89. The predicted octanol–water partition coefficient (Wildman–Crippen LogP) is 2.65. The van der Waals surface area contributed by atoms with Crippen molar-refractivity contribution in [1.82, 2.24) is 10.2 Å². The number of likely N-dealkylation sites (tertiary alicyclic amines) is 1. The van der Waals surface area contributed by atoms with Crippen molar-refractivity contribution in [2.24, 2.45) is 5.92 Å². The van der Waals surface area contributed by atoms with Crippen LogP contribution in [0.3, 0.4) is 0 Å². The first-order valence-electron chi connectivity index (χ1n) is 9.34. The van der Waals surface area contributed by atoms with E-state index in [1.807, 2.05) is 38.1 Å². The third-order valence-electron chi connectivity index (χ3n) is 4.68. The number of piperidine rings is 1. The maximum absolute atomic E-state index is 12.9. The molecule has 1 saturated carbocycles. The SMILES string of the molecule is CC(C)Oc1cccc(C(=O)[C@H]2CCCN(CC(=O)NC3CC3)C2)c1. The number of carbonyl (C=O) groups is 2. The standard InChI is InChI=1S/C20H28N2O3/c1-14(2)25-18-7-3-5-15(11-18)20(24)16-6-4-10-22(12-16)13-19(23)21-17-8-9-17/h3,5,7,11,14,16-17H,4,6,8-10,12-13H2,1-2H3,(H,21,23)/t16-/m0/s1. The van der Waals surface area contributed by atoms with E-state index in [4.69, 9.17) is 4.74 Å². The maximum atomic E-state index is 12.9. The monoisotopic (exact) mass is 344 g/mol. The zero-order valence-electron chi connectivity index (χ0n) is 15.2. The summed E-state index contributed by atoms with van der Waals surface area (Å²) < 4.78 is 5.69. The van der Waals surface area contributed by atoms with E-state index in [0.717, 1.165) is 38.0 Å². The number of rotatable bonds is 7. The van der Waals surface area contributed by atoms with Crippen LogP contribution in [0.1, 0.15) is 49.9 Å². The second-order valence-electron chi connectivity index (χ2n) is 7.47. The molecule has 5 nitrogen and oxygen atoms in total. The van der Waals surface area contributed by atoms with E-state index in [1.54, 1.807) is 0 Å². The normalized spacial score (nSPS) is 21.2. The average Bonchev–Trinajstić information content (AvgIpc) is 3.38. The Morgan fingerprint density at radius 1 is 1.28 bits per heavy atom. The van der Waals surface area contributed by atoms with Gasteiger partial charge in [0.2, 0.25) is 5.91 Å². The summed E-state index contributed by atoms with van der Waals surface area (Å²) in [7, 11) is 0. The van der Waals surface area contributed by atoms with Crippen molar-refractivity contribution in [3.05, 3.63) is 29.8 Å². The van der Waals surface area contributed by atoms with Gasteiger partial charge in [0, 0.05) is 24.1 Å². The lowest BCUT2D eigenvalue weighted by Crippen LogP contribution is -2.44. The molecule has 0 aromatic heterocycles. The number of ketones is 1. The van der Waals surface area contributed by atoms with Crippen LogP contribution in [0, 0.1) is 5.92 Å². The van der Waals surface area contributed by atoms with Crippen LogP contribution in [0.2, 0.25) is 0 Å². The lowest BCUT2D eigenvalue weighted by Gasteiger charge is -2.31. The molecule has 0 unspecified atom stereocenters. The Morgan fingerprint density at radius 3 is 2.80 bits per heavy atom. The van der Waals surface area contributed by atoms with Crippen LogP contribution in [0.5, 0.6) is 5.75 Å². The molecule has 5 heteroatoms. The Morgan fingerprint density at radius 2 is 2.08 bits per heavy atom. The highest BCUT2D eigenvalue weighted by molar-refractivity contribution is 5.98. The highest BCUT2D eigenvalue weighted by Gasteiger charge is 2.29. The Kier molecular flexibility index (Phi) is 5.74. The summed E-state index contributed by atoms with van der Waals surface area (Å²) in [5, 5.41) is 3.02. The molecule has 1 aliphatic heterocycles. The second kappa shape index (κ2) is 8.00. The van der Waals surface area contributed by atoms with Gasteiger partial charge in [-0.1, -0.05) is 12.1 Å². The van der Waals surface area contributed by atoms with E-state index in [2.05, 4.69) is 10.2 Å². The lowest BCUT2D eigenvalue weighted by molar-refractivity contribution is -0.122. The number of ether oxygens (including phenoxy) is 1. The quantitative estimate of drug-likeness (QED) is 0.773. The molecule has 0 spiro atoms. The topological polar surface area (TPSA) is 58.6 Å². The summed E-state index contributed by atoms with van der Waals surface area (Å²) in [5.41, 5.74) is 0.701. The zero-order chi connectivity index (χ0) is 17.8. The molecule has 0 bridgehead atoms. The summed E-state index contributed by atoms with van der Waals surface area (Å²) in [5.74, 6) is 0.929. The van der Waals surface area contributed by atoms with Gasteiger partial charge in [0.1, 0.15) is 5.75 Å². The van der Waals surface area contributed by atoms with Gasteiger partial charge in [-0.2, -0.15) is 0 Å². The molecule has 1 aromatic carbocycles. The van der Waals surface area contributed by atoms with E-state index >= 15 is 0 Å². The van der Waals surface area contributed by atoms with E-state index in [0.29, 0.717) is 24.7 Å². The molecule has 25 heavy (non-hydrogen) atoms. The van der Waals surface area contributed by atoms with Gasteiger partial charge < -0.3 is 10.1 Å². The van der Waals surface area contributed by atoms with Crippen molar-refractivity contribution in [2.45, 2.75) is 51.7 Å². The van der Waals surface area contributed by atoms with Crippen molar-refractivity contribution in [1.29, 1.82) is 0 Å². The summed E-state index contributed by atoms with van der Waals surface area (Å²) >= 11 is 0. The number of nitrogens with zero attached hydrogens (tertiary/aromatic N) is 1. The Balaban J connectivity index is 1.58. The first kappa shape index (κ1) is 17.9. The molecule has 0 radical (unpaired) electrons. The molecule has 1 aliphatic carbocycles. The van der Waals surface area contributed by atoms with Gasteiger partial charge in [-0.05, 0) is 58.2 Å². The molecule has 1 heterocycles. The molecule has 2 aliphatic rings. The predicted molar refractivity (Wildman–Crippen MR) is 96.9 cm³/mol. The molecule has 1 saturated heterocycles. The third-order valence-corrected chi connectivity index (χ3v) is 4.68. The molecular weight excluding hydrogens is 316 g/mol. The summed E-state index contributed by atoms with van der Waals surface area (Å²) in [6, 6.07) is 7.83. The second-order valence-corrected chi connectivity index (χ2v) is 7.47. The van der Waals surface area contributed by atoms with Crippen molar-refractivity contribution in [3.63, 3.8) is 0 Å². The first-order valence-corrected chi connectivity index (χ1v) is 9.34. The number of hydrogen-bond donors (Lipinski definition) is 1. The molecule has 1 N–H and O–H groups in total. The smallest absolute Gasteiger partial charge is 0.234 e. The largest absolute Gasteiger partial charge is 0.491 e. The molecule has 136 valence electrons. The van der Waals surface area contributed by atoms with Crippen LogP contribution >= 0.6 is 0 Å². The van der Waals surface area contributed by atoms with E-state index in [1.165, 1.54) is 0 Å². The molecule has 1 amide bonds. The van der Waals surface area contributed by atoms with Crippen LogP contribution < -0.4 is 10.1 Å². The third kappa shape index (κ3) is 5.30. The Bertz CT molecular complexity index is 625. The Hall–Kier alpha value is -1.88. The Labute approximate surface area is 149 Å². The molecule has 2 fully saturated rings. The number of benzene rings is 1. The summed E-state index contributed by atoms with van der Waals surface area (Å²) in [6.07, 6.45) is 4.12. The number of Topliss-reactive ketones (excluding diaryl/α,β-unsaturated/α-hetero) is 1. The van der Waals surface area contributed by atoms with Gasteiger partial charge in [-0.3, -0.25) is 14.5 Å². The zero-order valence-corrected chi connectivity index (χ0v) is 15.2. The van der Waals surface area contributed by atoms with Crippen LogP contribution in [-0.2, 0) is 4.79 Å². The minimum absolute atomic E-state index is 0.0447. The average molecular weight is 344 g/mol. The highest BCUT2D eigenvalue weighted by atomic mass is 16.5. The minimum Gasteiger partial charge on any atom is -0.491 e. The van der Waals surface area contributed by atoms with Crippen molar-refractivity contribution >= 4 is 11.7 Å². The number of carbonyl (C=O) groups excluding carboxylic acids is 2. The fraction of sp³-hybridized carbons (Fsp3) is 0.600. The molecule has 1 atom stereocenters. The number of nitrogens with one attached hydrogen (secondary N) is 1.